The highest BCUT2D eigenvalue weighted by Crippen LogP contribution is 2.69. The van der Waals surface area contributed by atoms with Gasteiger partial charge in [-0.05, 0) is 76.8 Å². The quantitative estimate of drug-likeness (QED) is 0.464. The normalized spacial score (nSPS) is 20.3. The van der Waals surface area contributed by atoms with Gasteiger partial charge in [0.05, 0.1) is 5.25 Å². The summed E-state index contributed by atoms with van der Waals surface area (Å²) in [7, 11) is -1.48. The lowest BCUT2D eigenvalue weighted by Gasteiger charge is -2.48. The first kappa shape index (κ1) is 19.7. The number of nitrogens with one attached hydrogen (secondary N) is 1. The first-order chi connectivity index (χ1) is 13.1. The molecule has 3 aromatic rings. The number of thiophene rings is 1. The third-order valence-corrected chi connectivity index (χ3v) is 10.7. The van der Waals surface area contributed by atoms with E-state index in [1.165, 1.54) is 36.6 Å². The second kappa shape index (κ2) is 6.72. The molecule has 1 N–H and O–H groups in total. The predicted molar refractivity (Wildman–Crippen MR) is 124 cm³/mol. The van der Waals surface area contributed by atoms with Crippen LogP contribution >= 0.6 is 21.6 Å². The number of rotatable bonds is 3. The number of allylic oxidation sites excluding steroid dienone is 1. The zero-order valence-corrected chi connectivity index (χ0v) is 19.0. The molecule has 2 aromatic carbocycles. The fourth-order valence-electron chi connectivity index (χ4n) is 4.40. The lowest BCUT2D eigenvalue weighted by molar-refractivity contribution is 0.528. The maximum atomic E-state index is 13.7. The van der Waals surface area contributed by atoms with E-state index in [0.29, 0.717) is 5.25 Å². The number of fused-ring (bicyclic) bond motifs is 3. The summed E-state index contributed by atoms with van der Waals surface area (Å²) < 4.78 is 19.0. The van der Waals surface area contributed by atoms with Gasteiger partial charge in [0.2, 0.25) is 0 Å². The van der Waals surface area contributed by atoms with Crippen LogP contribution in [0.25, 0.3) is 15.7 Å². The van der Waals surface area contributed by atoms with Crippen LogP contribution in [-0.2, 0) is 0 Å². The van der Waals surface area contributed by atoms with Gasteiger partial charge in [0.1, 0.15) is 5.82 Å². The largest absolute Gasteiger partial charge is 0.271 e. The molecule has 0 saturated carbocycles. The van der Waals surface area contributed by atoms with E-state index in [4.69, 9.17) is 0 Å². The van der Waals surface area contributed by atoms with Crippen molar-refractivity contribution in [2.24, 2.45) is 0 Å². The molecule has 0 amide bonds. The van der Waals surface area contributed by atoms with Crippen molar-refractivity contribution in [2.75, 3.05) is 6.26 Å². The van der Waals surface area contributed by atoms with Crippen molar-refractivity contribution in [2.45, 2.75) is 50.3 Å². The minimum Gasteiger partial charge on any atom is -0.271 e. The van der Waals surface area contributed by atoms with Crippen molar-refractivity contribution in [3.8, 4) is 0 Å². The molecule has 28 heavy (non-hydrogen) atoms. The summed E-state index contributed by atoms with van der Waals surface area (Å²) in [6.45, 7) is 11.2. The zero-order valence-electron chi connectivity index (χ0n) is 17.4. The Bertz CT molecular complexity index is 1070. The van der Waals surface area contributed by atoms with Gasteiger partial charge in [0.25, 0.3) is 0 Å². The van der Waals surface area contributed by atoms with E-state index in [1.807, 2.05) is 23.5 Å². The van der Waals surface area contributed by atoms with Crippen LogP contribution < -0.4 is 4.72 Å². The maximum Gasteiger partial charge on any atom is 0.123 e. The Labute approximate surface area is 173 Å². The van der Waals surface area contributed by atoms with Crippen LogP contribution in [0, 0.1) is 5.82 Å². The minimum absolute atomic E-state index is 0.0495. The Morgan fingerprint density at radius 3 is 2.29 bits per heavy atom. The fraction of sp³-hybridized carbons (Fsp3) is 0.333. The number of hydrogen-bond donors (Lipinski definition) is 1. The molecule has 1 heterocycles. The minimum atomic E-state index is -1.48. The van der Waals surface area contributed by atoms with Gasteiger partial charge in [-0.2, -0.15) is 10.2 Å². The molecule has 0 spiro atoms. The Hall–Kier alpha value is -1.62. The fourth-order valence-corrected chi connectivity index (χ4v) is 10.3. The molecule has 1 aliphatic rings. The standard InChI is InChI=1S/C24H28FNS2/c1-15-16(2)23(22-21(15)19-9-7-8-10-20(19)27-22)28(6,26-24(3,4)5)18-13-11-17(25)12-14-18/h7-14,23,26H,1-6H3. The van der Waals surface area contributed by atoms with E-state index in [-0.39, 0.29) is 11.4 Å². The molecular formula is C24H28FNS2. The highest BCUT2D eigenvalue weighted by atomic mass is 32.3. The van der Waals surface area contributed by atoms with Gasteiger partial charge in [-0.25, -0.2) is 4.39 Å². The molecule has 0 radical (unpaired) electrons. The zero-order chi connectivity index (χ0) is 20.3. The Balaban J connectivity index is 1.96. The third kappa shape index (κ3) is 3.12. The average Bonchev–Trinajstić information content (AvgIpc) is 3.09. The highest BCUT2D eigenvalue weighted by molar-refractivity contribution is 8.32. The monoisotopic (exact) mass is 413 g/mol. The van der Waals surface area contributed by atoms with Crippen LogP contribution in [-0.4, -0.2) is 11.8 Å². The lowest BCUT2D eigenvalue weighted by atomic mass is 10.1. The van der Waals surface area contributed by atoms with Gasteiger partial charge < -0.3 is 0 Å². The van der Waals surface area contributed by atoms with Crippen molar-refractivity contribution < 1.29 is 4.39 Å². The summed E-state index contributed by atoms with van der Waals surface area (Å²) in [5.41, 5.74) is 4.20. The van der Waals surface area contributed by atoms with E-state index in [1.54, 1.807) is 12.1 Å². The molecule has 0 aliphatic heterocycles. The Morgan fingerprint density at radius 2 is 1.64 bits per heavy atom. The van der Waals surface area contributed by atoms with Crippen molar-refractivity contribution in [3.05, 3.63) is 70.4 Å². The number of halogens is 1. The number of benzene rings is 2. The lowest BCUT2D eigenvalue weighted by Crippen LogP contribution is -2.39. The van der Waals surface area contributed by atoms with Gasteiger partial charge in [-0.3, -0.25) is 4.72 Å². The maximum absolute atomic E-state index is 13.7. The molecule has 0 bridgehead atoms. The molecule has 2 atom stereocenters. The van der Waals surface area contributed by atoms with Gasteiger partial charge in [-0.1, -0.05) is 23.8 Å². The van der Waals surface area contributed by atoms with Gasteiger partial charge in [0.15, 0.2) is 0 Å². The molecule has 0 saturated heterocycles. The molecule has 4 heteroatoms. The second-order valence-corrected chi connectivity index (χ2v) is 13.0. The predicted octanol–water partition coefficient (Wildman–Crippen LogP) is 7.69. The van der Waals surface area contributed by atoms with Gasteiger partial charge >= 0.3 is 0 Å². The second-order valence-electron chi connectivity index (χ2n) is 8.81. The van der Waals surface area contributed by atoms with Crippen molar-refractivity contribution >= 4 is 37.2 Å². The first-order valence-electron chi connectivity index (χ1n) is 9.63. The van der Waals surface area contributed by atoms with Crippen LogP contribution in [0.15, 0.2) is 59.0 Å². The van der Waals surface area contributed by atoms with Crippen LogP contribution in [0.3, 0.4) is 0 Å². The molecule has 1 nitrogen and oxygen atoms in total. The summed E-state index contributed by atoms with van der Waals surface area (Å²) in [6.07, 6.45) is 2.35. The molecular weight excluding hydrogens is 385 g/mol. The summed E-state index contributed by atoms with van der Waals surface area (Å²) in [5, 5.41) is 1.66. The Morgan fingerprint density at radius 1 is 1.00 bits per heavy atom. The highest BCUT2D eigenvalue weighted by Gasteiger charge is 2.42. The van der Waals surface area contributed by atoms with Crippen LogP contribution in [0.5, 0.6) is 0 Å². The molecule has 1 aliphatic carbocycles. The summed E-state index contributed by atoms with van der Waals surface area (Å²) in [6, 6.07) is 15.8. The smallest absolute Gasteiger partial charge is 0.123 e. The van der Waals surface area contributed by atoms with E-state index >= 15 is 0 Å². The third-order valence-electron chi connectivity index (χ3n) is 5.51. The van der Waals surface area contributed by atoms with Gasteiger partial charge in [-0.15, -0.1) is 11.3 Å². The molecule has 2 unspecified atom stereocenters. The molecule has 148 valence electrons. The molecule has 1 aromatic heterocycles. The Kier molecular flexibility index (Phi) is 4.72. The van der Waals surface area contributed by atoms with Crippen molar-refractivity contribution in [1.82, 2.24) is 4.72 Å². The van der Waals surface area contributed by atoms with Crippen LogP contribution in [0.4, 0.5) is 4.39 Å². The van der Waals surface area contributed by atoms with Crippen molar-refractivity contribution in [1.29, 1.82) is 0 Å². The molecule has 0 fully saturated rings. The van der Waals surface area contributed by atoms with Crippen molar-refractivity contribution in [3.63, 3.8) is 0 Å². The average molecular weight is 414 g/mol. The van der Waals surface area contributed by atoms with Crippen LogP contribution in [0.1, 0.15) is 50.3 Å². The summed E-state index contributed by atoms with van der Waals surface area (Å²) in [4.78, 5) is 2.65. The summed E-state index contributed by atoms with van der Waals surface area (Å²) >= 11 is 1.92. The topological polar surface area (TPSA) is 12.0 Å². The first-order valence-corrected chi connectivity index (χ1v) is 12.5. The van der Waals surface area contributed by atoms with Gasteiger partial charge in [0, 0.05) is 31.0 Å². The van der Waals surface area contributed by atoms with E-state index in [0.717, 1.165) is 0 Å². The van der Waals surface area contributed by atoms with E-state index in [2.05, 4.69) is 69.9 Å². The molecule has 4 rings (SSSR count). The SMILES string of the molecule is CC1=C(C)C(S(C)(NC(C)(C)C)c2ccc(F)cc2)c2sc3ccccc3c21. The summed E-state index contributed by atoms with van der Waals surface area (Å²) in [5.74, 6) is -0.182. The van der Waals surface area contributed by atoms with E-state index < -0.39 is 10.2 Å². The van der Waals surface area contributed by atoms with E-state index in [9.17, 15) is 4.39 Å². The van der Waals surface area contributed by atoms with Crippen LogP contribution in [0.2, 0.25) is 0 Å². The number of hydrogen-bond acceptors (Lipinski definition) is 2.